The third-order valence-corrected chi connectivity index (χ3v) is 5.02. The SMILES string of the molecule is CCCC(/N=C\C(C#Cc1cc(C)ccc1C)=C(/C)CC)=C(/C)C(CC)N=O. The van der Waals surface area contributed by atoms with E-state index in [-0.39, 0.29) is 6.04 Å². The molecule has 3 nitrogen and oxygen atoms in total. The Balaban J connectivity index is 3.33. The number of nitroso groups, excluding NO2 is 1. The molecule has 1 aromatic rings. The van der Waals surface area contributed by atoms with Crippen LogP contribution < -0.4 is 0 Å². The van der Waals surface area contributed by atoms with Gasteiger partial charge in [-0.15, -0.1) is 0 Å². The highest BCUT2D eigenvalue weighted by atomic mass is 16.3. The summed E-state index contributed by atoms with van der Waals surface area (Å²) in [4.78, 5) is 15.9. The van der Waals surface area contributed by atoms with E-state index in [1.54, 1.807) is 0 Å². The standard InChI is InChI=1S/C25H34N2O/c1-8-11-25(21(7)24(10-3)27-28)26-17-23(19(5)9-2)15-14-22-16-18(4)12-13-20(22)6/h12-13,16-17,24H,8-11H2,1-7H3/b23-19+,25-21+,26-17-. The summed E-state index contributed by atoms with van der Waals surface area (Å²) in [6.45, 7) is 14.4. The molecular weight excluding hydrogens is 344 g/mol. The van der Waals surface area contributed by atoms with E-state index in [9.17, 15) is 4.91 Å². The average molecular weight is 379 g/mol. The van der Waals surface area contributed by atoms with Gasteiger partial charge in [0.15, 0.2) is 0 Å². The highest BCUT2D eigenvalue weighted by Crippen LogP contribution is 2.20. The monoisotopic (exact) mass is 378 g/mol. The van der Waals surface area contributed by atoms with Gasteiger partial charge >= 0.3 is 0 Å². The maximum absolute atomic E-state index is 11.1. The predicted octanol–water partition coefficient (Wildman–Crippen LogP) is 7.07. The molecule has 0 aromatic heterocycles. The van der Waals surface area contributed by atoms with Gasteiger partial charge in [0.1, 0.15) is 6.04 Å². The lowest BCUT2D eigenvalue weighted by molar-refractivity contribution is 0.713. The summed E-state index contributed by atoms with van der Waals surface area (Å²) in [5.74, 6) is 6.64. The van der Waals surface area contributed by atoms with Crippen molar-refractivity contribution in [1.82, 2.24) is 0 Å². The van der Waals surface area contributed by atoms with Gasteiger partial charge in [-0.1, -0.05) is 61.9 Å². The van der Waals surface area contributed by atoms with Crippen molar-refractivity contribution in [3.8, 4) is 11.8 Å². The molecule has 1 aromatic carbocycles. The number of rotatable bonds is 8. The smallest absolute Gasteiger partial charge is 0.114 e. The molecule has 0 amide bonds. The molecule has 1 unspecified atom stereocenters. The first-order valence-corrected chi connectivity index (χ1v) is 10.2. The van der Waals surface area contributed by atoms with Crippen LogP contribution in [0.2, 0.25) is 0 Å². The van der Waals surface area contributed by atoms with E-state index in [1.165, 1.54) is 16.7 Å². The van der Waals surface area contributed by atoms with Crippen molar-refractivity contribution in [3.05, 3.63) is 62.2 Å². The van der Waals surface area contributed by atoms with E-state index in [4.69, 9.17) is 4.99 Å². The maximum atomic E-state index is 11.1. The lowest BCUT2D eigenvalue weighted by atomic mass is 10.0. The summed E-state index contributed by atoms with van der Waals surface area (Å²) in [7, 11) is 0. The molecule has 28 heavy (non-hydrogen) atoms. The first-order chi connectivity index (χ1) is 13.4. The van der Waals surface area contributed by atoms with E-state index < -0.39 is 0 Å². The summed E-state index contributed by atoms with van der Waals surface area (Å²) < 4.78 is 0. The second-order valence-corrected chi connectivity index (χ2v) is 7.28. The van der Waals surface area contributed by atoms with Crippen molar-refractivity contribution in [2.45, 2.75) is 80.2 Å². The Morgan fingerprint density at radius 1 is 1.18 bits per heavy atom. The topological polar surface area (TPSA) is 41.8 Å². The number of benzene rings is 1. The third kappa shape index (κ3) is 6.93. The Bertz CT molecular complexity index is 832. The van der Waals surface area contributed by atoms with Gasteiger partial charge in [-0.05, 0) is 69.7 Å². The highest BCUT2D eigenvalue weighted by Gasteiger charge is 2.12. The zero-order valence-electron chi connectivity index (χ0n) is 18.5. The van der Waals surface area contributed by atoms with Crippen LogP contribution in [0.25, 0.3) is 0 Å². The molecule has 0 aliphatic rings. The molecule has 0 radical (unpaired) electrons. The molecule has 3 heteroatoms. The van der Waals surface area contributed by atoms with Crippen LogP contribution in [0.15, 0.2) is 50.8 Å². The normalized spacial score (nSPS) is 14.1. The number of allylic oxidation sites excluding steroid dienone is 3. The Morgan fingerprint density at radius 3 is 2.46 bits per heavy atom. The van der Waals surface area contributed by atoms with Gasteiger partial charge in [-0.2, -0.15) is 4.91 Å². The Labute approximate surface area is 171 Å². The number of aliphatic imine (C=N–C) groups is 1. The third-order valence-electron chi connectivity index (χ3n) is 5.02. The molecule has 0 spiro atoms. The summed E-state index contributed by atoms with van der Waals surface area (Å²) in [6, 6.07) is 6.02. The fourth-order valence-electron chi connectivity index (χ4n) is 2.84. The number of aryl methyl sites for hydroxylation is 2. The lowest BCUT2D eigenvalue weighted by Gasteiger charge is -2.11. The molecule has 0 saturated heterocycles. The average Bonchev–Trinajstić information content (AvgIpc) is 2.69. The molecule has 0 N–H and O–H groups in total. The molecule has 0 bridgehead atoms. The fraction of sp³-hybridized carbons (Fsp3) is 0.480. The minimum Gasteiger partial charge on any atom is -0.260 e. The number of hydrogen-bond donors (Lipinski definition) is 0. The number of hydrogen-bond acceptors (Lipinski definition) is 3. The summed E-state index contributed by atoms with van der Waals surface area (Å²) in [5.41, 5.74) is 7.49. The van der Waals surface area contributed by atoms with E-state index in [0.29, 0.717) is 6.42 Å². The zero-order valence-corrected chi connectivity index (χ0v) is 18.5. The first kappa shape index (κ1) is 23.6. The second kappa shape index (κ2) is 12.1. The van der Waals surface area contributed by atoms with Crippen molar-refractivity contribution in [2.24, 2.45) is 10.2 Å². The largest absolute Gasteiger partial charge is 0.260 e. The Kier molecular flexibility index (Phi) is 10.2. The molecule has 0 saturated carbocycles. The zero-order chi connectivity index (χ0) is 21.1. The Morgan fingerprint density at radius 2 is 1.89 bits per heavy atom. The molecule has 0 aliphatic heterocycles. The fourth-order valence-corrected chi connectivity index (χ4v) is 2.84. The molecule has 1 rings (SSSR count). The van der Waals surface area contributed by atoms with Gasteiger partial charge in [-0.3, -0.25) is 4.99 Å². The molecule has 0 aliphatic carbocycles. The van der Waals surface area contributed by atoms with Crippen LogP contribution >= 0.6 is 0 Å². The van der Waals surface area contributed by atoms with Crippen LogP contribution in [0.1, 0.15) is 77.0 Å². The summed E-state index contributed by atoms with van der Waals surface area (Å²) in [5, 5.41) is 3.26. The van der Waals surface area contributed by atoms with Crippen LogP contribution in [-0.4, -0.2) is 12.3 Å². The van der Waals surface area contributed by atoms with Crippen molar-refractivity contribution < 1.29 is 0 Å². The van der Waals surface area contributed by atoms with E-state index >= 15 is 0 Å². The van der Waals surface area contributed by atoms with Crippen molar-refractivity contribution in [1.29, 1.82) is 0 Å². The molecule has 0 fully saturated rings. The molecule has 1 atom stereocenters. The van der Waals surface area contributed by atoms with Crippen LogP contribution in [0, 0.1) is 30.6 Å². The minimum absolute atomic E-state index is 0.306. The number of nitrogens with zero attached hydrogens (tertiary/aromatic N) is 2. The predicted molar refractivity (Wildman–Crippen MR) is 122 cm³/mol. The van der Waals surface area contributed by atoms with Crippen LogP contribution in [0.3, 0.4) is 0 Å². The van der Waals surface area contributed by atoms with Gasteiger partial charge in [0, 0.05) is 23.0 Å². The molecule has 0 heterocycles. The van der Waals surface area contributed by atoms with E-state index in [0.717, 1.165) is 41.7 Å². The molecular formula is C25H34N2O. The minimum atomic E-state index is -0.306. The van der Waals surface area contributed by atoms with Crippen LogP contribution in [0.5, 0.6) is 0 Å². The van der Waals surface area contributed by atoms with E-state index in [1.807, 2.05) is 20.1 Å². The van der Waals surface area contributed by atoms with E-state index in [2.05, 4.69) is 69.8 Å². The van der Waals surface area contributed by atoms with Crippen LogP contribution in [-0.2, 0) is 0 Å². The van der Waals surface area contributed by atoms with Crippen LogP contribution in [0.4, 0.5) is 0 Å². The maximum Gasteiger partial charge on any atom is 0.114 e. The van der Waals surface area contributed by atoms with Gasteiger partial charge in [-0.25, -0.2) is 0 Å². The quantitative estimate of drug-likeness (QED) is 0.271. The van der Waals surface area contributed by atoms with Crippen molar-refractivity contribution in [2.75, 3.05) is 0 Å². The summed E-state index contributed by atoms with van der Waals surface area (Å²) >= 11 is 0. The summed E-state index contributed by atoms with van der Waals surface area (Å²) in [6.07, 6.45) is 5.28. The second-order valence-electron chi connectivity index (χ2n) is 7.28. The van der Waals surface area contributed by atoms with Gasteiger partial charge in [0.25, 0.3) is 0 Å². The van der Waals surface area contributed by atoms with Gasteiger partial charge in [0.05, 0.1) is 0 Å². The highest BCUT2D eigenvalue weighted by molar-refractivity contribution is 5.86. The van der Waals surface area contributed by atoms with Gasteiger partial charge in [0.2, 0.25) is 0 Å². The Hall–Kier alpha value is -2.47. The van der Waals surface area contributed by atoms with Crippen molar-refractivity contribution in [3.63, 3.8) is 0 Å². The molecule has 150 valence electrons. The lowest BCUT2D eigenvalue weighted by Crippen LogP contribution is -2.06. The van der Waals surface area contributed by atoms with Gasteiger partial charge < -0.3 is 0 Å². The first-order valence-electron chi connectivity index (χ1n) is 10.2. The van der Waals surface area contributed by atoms with Crippen molar-refractivity contribution >= 4 is 6.21 Å².